The quantitative estimate of drug-likeness (QED) is 0.0264. The van der Waals surface area contributed by atoms with Gasteiger partial charge in [0.25, 0.3) is 0 Å². The Hall–Kier alpha value is -3.15. The molecule has 0 aromatic rings. The minimum atomic E-state index is -0.829. The number of ether oxygens (including phenoxy) is 3. The summed E-state index contributed by atoms with van der Waals surface area (Å²) >= 11 is 0. The molecule has 6 nitrogen and oxygen atoms in total. The first-order chi connectivity index (χ1) is 28.5. The molecule has 0 saturated carbocycles. The minimum absolute atomic E-state index is 0.120. The highest BCUT2D eigenvalue weighted by Crippen LogP contribution is 2.12. The van der Waals surface area contributed by atoms with Crippen molar-refractivity contribution in [2.24, 2.45) is 0 Å². The second-order valence-corrected chi connectivity index (χ2v) is 15.6. The highest BCUT2D eigenvalue weighted by molar-refractivity contribution is 5.71. The maximum absolute atomic E-state index is 12.7. The fourth-order valence-corrected chi connectivity index (χ4v) is 6.35. The monoisotopic (exact) mass is 809 g/mol. The van der Waals surface area contributed by atoms with E-state index in [0.717, 1.165) is 64.2 Å². The molecule has 0 rings (SSSR count). The van der Waals surface area contributed by atoms with Crippen molar-refractivity contribution in [3.63, 3.8) is 0 Å². The average Bonchev–Trinajstić information content (AvgIpc) is 3.22. The number of carbonyl (C=O) groups is 3. The highest BCUT2D eigenvalue weighted by atomic mass is 16.6. The van der Waals surface area contributed by atoms with Gasteiger partial charge in [0, 0.05) is 19.3 Å². The van der Waals surface area contributed by atoms with Crippen LogP contribution in [0.25, 0.3) is 0 Å². The summed E-state index contributed by atoms with van der Waals surface area (Å²) in [5.41, 5.74) is 0. The van der Waals surface area contributed by atoms with Gasteiger partial charge in [-0.3, -0.25) is 14.4 Å². The smallest absolute Gasteiger partial charge is 0.306 e. The molecular weight excluding hydrogens is 721 g/mol. The number of allylic oxidation sites excluding steroid dienone is 12. The fraction of sp³-hybridized carbons (Fsp3) is 0.712. The van der Waals surface area contributed by atoms with Gasteiger partial charge in [0.1, 0.15) is 13.2 Å². The number of carbonyl (C=O) groups excluding carboxylic acids is 3. The predicted octanol–water partition coefficient (Wildman–Crippen LogP) is 15.5. The molecule has 0 N–H and O–H groups in total. The van der Waals surface area contributed by atoms with Gasteiger partial charge in [-0.2, -0.15) is 0 Å². The normalized spacial score (nSPS) is 12.7. The van der Waals surface area contributed by atoms with Crippen LogP contribution in [0.1, 0.15) is 220 Å². The summed E-state index contributed by atoms with van der Waals surface area (Å²) in [4.78, 5) is 37.7. The molecule has 1 unspecified atom stereocenters. The summed E-state index contributed by atoms with van der Waals surface area (Å²) < 4.78 is 16.6. The van der Waals surface area contributed by atoms with E-state index in [1.807, 2.05) is 12.2 Å². The summed E-state index contributed by atoms with van der Waals surface area (Å²) in [7, 11) is 0. The lowest BCUT2D eigenvalue weighted by atomic mass is 10.1. The van der Waals surface area contributed by atoms with Crippen molar-refractivity contribution in [2.75, 3.05) is 13.2 Å². The average molecular weight is 809 g/mol. The van der Waals surface area contributed by atoms with Gasteiger partial charge in [-0.1, -0.05) is 190 Å². The van der Waals surface area contributed by atoms with Crippen LogP contribution in [-0.4, -0.2) is 37.2 Å². The Bertz CT molecular complexity index is 1110. The Morgan fingerprint density at radius 3 is 1.14 bits per heavy atom. The third-order valence-electron chi connectivity index (χ3n) is 9.94. The molecule has 0 spiro atoms. The zero-order valence-corrected chi connectivity index (χ0v) is 37.8. The first-order valence-electron chi connectivity index (χ1n) is 23.9. The summed E-state index contributed by atoms with van der Waals surface area (Å²) in [5.74, 6) is -1.07. The Morgan fingerprint density at radius 2 is 0.707 bits per heavy atom. The molecular formula is C52H88O6. The van der Waals surface area contributed by atoms with E-state index in [-0.39, 0.29) is 38.0 Å². The van der Waals surface area contributed by atoms with E-state index in [9.17, 15) is 14.4 Å². The van der Waals surface area contributed by atoms with Gasteiger partial charge in [0.15, 0.2) is 6.10 Å². The van der Waals surface area contributed by atoms with Gasteiger partial charge in [0.2, 0.25) is 0 Å². The number of rotatable bonds is 42. The van der Waals surface area contributed by atoms with Crippen molar-refractivity contribution < 1.29 is 28.6 Å². The van der Waals surface area contributed by atoms with Crippen LogP contribution in [0.2, 0.25) is 0 Å². The van der Waals surface area contributed by atoms with Gasteiger partial charge in [-0.15, -0.1) is 0 Å². The Labute approximate surface area is 357 Å². The van der Waals surface area contributed by atoms with Crippen LogP contribution in [0.5, 0.6) is 0 Å². The van der Waals surface area contributed by atoms with Crippen molar-refractivity contribution in [3.05, 3.63) is 72.9 Å². The molecule has 0 amide bonds. The zero-order chi connectivity index (χ0) is 42.3. The van der Waals surface area contributed by atoms with E-state index in [1.165, 1.54) is 103 Å². The zero-order valence-electron chi connectivity index (χ0n) is 37.8. The van der Waals surface area contributed by atoms with Gasteiger partial charge in [-0.25, -0.2) is 0 Å². The standard InChI is InChI=1S/C52H88O6/c1-4-7-10-13-16-19-22-25-28-30-33-36-39-42-45-51(54)57-48-49(58-52(55)46-43-40-37-34-31-27-24-21-18-15-12-9-6-3)47-56-50(53)44-41-38-35-32-29-26-23-20-17-14-11-8-5-2/h7,10,16,19,26-27,29,31,35,37-38,40,49H,4-6,8-9,11-15,17-18,20-25,28,30,32-34,36,39,41-48H2,1-3H3/b10-7+,19-16+,29-26+,31-27+,38-35+,40-37+. The molecule has 1 atom stereocenters. The maximum Gasteiger partial charge on any atom is 0.306 e. The molecule has 0 aromatic heterocycles. The van der Waals surface area contributed by atoms with E-state index in [1.54, 1.807) is 0 Å². The third-order valence-corrected chi connectivity index (χ3v) is 9.94. The largest absolute Gasteiger partial charge is 0.462 e. The first-order valence-corrected chi connectivity index (χ1v) is 23.9. The maximum atomic E-state index is 12.7. The van der Waals surface area contributed by atoms with Crippen molar-refractivity contribution in [2.45, 2.75) is 226 Å². The third kappa shape index (κ3) is 44.0. The summed E-state index contributed by atoms with van der Waals surface area (Å²) in [6.07, 6.45) is 57.7. The number of esters is 3. The van der Waals surface area contributed by atoms with E-state index in [4.69, 9.17) is 14.2 Å². The summed E-state index contributed by atoms with van der Waals surface area (Å²) in [6.45, 7) is 6.39. The second-order valence-electron chi connectivity index (χ2n) is 15.6. The van der Waals surface area contributed by atoms with Crippen molar-refractivity contribution in [1.29, 1.82) is 0 Å². The lowest BCUT2D eigenvalue weighted by Crippen LogP contribution is -2.30. The van der Waals surface area contributed by atoms with Crippen molar-refractivity contribution in [1.82, 2.24) is 0 Å². The molecule has 0 aliphatic rings. The molecule has 332 valence electrons. The summed E-state index contributed by atoms with van der Waals surface area (Å²) in [5, 5.41) is 0. The molecule has 0 heterocycles. The molecule has 0 bridgehead atoms. The number of hydrogen-bond donors (Lipinski definition) is 0. The topological polar surface area (TPSA) is 78.9 Å². The minimum Gasteiger partial charge on any atom is -0.462 e. The second kappa shape index (κ2) is 46.5. The van der Waals surface area contributed by atoms with Crippen LogP contribution in [0.4, 0.5) is 0 Å². The predicted molar refractivity (Wildman–Crippen MR) is 247 cm³/mol. The molecule has 58 heavy (non-hydrogen) atoms. The molecule has 0 saturated heterocycles. The Morgan fingerprint density at radius 1 is 0.362 bits per heavy atom. The molecule has 0 fully saturated rings. The van der Waals surface area contributed by atoms with Crippen LogP contribution in [0, 0.1) is 0 Å². The van der Waals surface area contributed by atoms with E-state index in [0.29, 0.717) is 19.3 Å². The van der Waals surface area contributed by atoms with Gasteiger partial charge in [0.05, 0.1) is 0 Å². The van der Waals surface area contributed by atoms with Crippen molar-refractivity contribution in [3.8, 4) is 0 Å². The van der Waals surface area contributed by atoms with Crippen molar-refractivity contribution >= 4 is 17.9 Å². The molecule has 0 radical (unpaired) electrons. The summed E-state index contributed by atoms with van der Waals surface area (Å²) in [6, 6.07) is 0. The van der Waals surface area contributed by atoms with E-state index < -0.39 is 12.1 Å². The molecule has 6 heteroatoms. The van der Waals surface area contributed by atoms with Crippen LogP contribution >= 0.6 is 0 Å². The highest BCUT2D eigenvalue weighted by Gasteiger charge is 2.19. The van der Waals surface area contributed by atoms with Crippen LogP contribution in [0.15, 0.2) is 72.9 Å². The van der Waals surface area contributed by atoms with Gasteiger partial charge < -0.3 is 14.2 Å². The fourth-order valence-electron chi connectivity index (χ4n) is 6.35. The SMILES string of the molecule is CC/C=C/C/C=C/CCCCCCCCCC(=O)OCC(COC(=O)CC/C=C/C/C=C/CCCCCCCC)OC(=O)CC/C=C/C/C=C/CCCCCCCC. The Balaban J connectivity index is 4.53. The lowest BCUT2D eigenvalue weighted by molar-refractivity contribution is -0.166. The van der Waals surface area contributed by atoms with Gasteiger partial charge >= 0.3 is 17.9 Å². The van der Waals surface area contributed by atoms with E-state index >= 15 is 0 Å². The number of hydrogen-bond acceptors (Lipinski definition) is 6. The molecule has 0 aliphatic heterocycles. The van der Waals surface area contributed by atoms with Crippen LogP contribution in [-0.2, 0) is 28.6 Å². The number of unbranched alkanes of at least 4 members (excludes halogenated alkanes) is 19. The van der Waals surface area contributed by atoms with Crippen LogP contribution in [0.3, 0.4) is 0 Å². The molecule has 0 aliphatic carbocycles. The first kappa shape index (κ1) is 54.9. The van der Waals surface area contributed by atoms with Crippen LogP contribution < -0.4 is 0 Å². The Kier molecular flexibility index (Phi) is 44.0. The van der Waals surface area contributed by atoms with Gasteiger partial charge in [-0.05, 0) is 83.5 Å². The lowest BCUT2D eigenvalue weighted by Gasteiger charge is -2.18. The van der Waals surface area contributed by atoms with E-state index in [2.05, 4.69) is 81.5 Å². The molecule has 0 aromatic carbocycles.